The molecule has 0 atom stereocenters. The van der Waals surface area contributed by atoms with Crippen LogP contribution in [0, 0.1) is 0 Å². The number of nitrogens with one attached hydrogen (secondary N) is 1. The molecule has 1 heterocycles. The maximum atomic E-state index is 12.6. The first kappa shape index (κ1) is 21.9. The quantitative estimate of drug-likeness (QED) is 0.506. The summed E-state index contributed by atoms with van der Waals surface area (Å²) in [6.45, 7) is 7.09. The highest BCUT2D eigenvalue weighted by molar-refractivity contribution is 7.98. The monoisotopic (exact) mass is 403 g/mol. The Bertz CT molecular complexity index is 720. The van der Waals surface area contributed by atoms with Gasteiger partial charge in [-0.05, 0) is 48.0 Å². The van der Waals surface area contributed by atoms with E-state index in [0.29, 0.717) is 12.3 Å². The van der Waals surface area contributed by atoms with Gasteiger partial charge in [0.15, 0.2) is 6.73 Å². The number of unbranched alkanes of at least 4 members (excludes halogenated alkanes) is 1. The molecule has 152 valence electrons. The molecule has 0 saturated heterocycles. The first-order valence-corrected chi connectivity index (χ1v) is 10.7. The molecule has 1 aromatic carbocycles. The summed E-state index contributed by atoms with van der Waals surface area (Å²) in [4.78, 5) is 25.9. The summed E-state index contributed by atoms with van der Waals surface area (Å²) in [7, 11) is 0. The summed E-state index contributed by atoms with van der Waals surface area (Å²) in [5, 5.41) is 2.90. The van der Waals surface area contributed by atoms with Gasteiger partial charge in [-0.2, -0.15) is 11.8 Å². The number of benzene rings is 1. The van der Waals surface area contributed by atoms with E-state index in [1.807, 2.05) is 24.3 Å². The minimum atomic E-state index is -0.290. The summed E-state index contributed by atoms with van der Waals surface area (Å²) in [6, 6.07) is 7.60. The van der Waals surface area contributed by atoms with Gasteiger partial charge in [0.05, 0.1) is 0 Å². The normalized spacial score (nSPS) is 11.1. The maximum Gasteiger partial charge on any atom is 0.327 e. The molecular weight excluding hydrogens is 374 g/mol. The Morgan fingerprint density at radius 2 is 1.82 bits per heavy atom. The lowest BCUT2D eigenvalue weighted by atomic mass is 9.87. The number of thioether (sulfide) groups is 1. The molecule has 1 aromatic heterocycles. The van der Waals surface area contributed by atoms with E-state index in [1.165, 1.54) is 23.1 Å². The highest BCUT2D eigenvalue weighted by Crippen LogP contribution is 2.24. The molecule has 0 bridgehead atoms. The molecule has 2 rings (SSSR count). The van der Waals surface area contributed by atoms with E-state index in [-0.39, 0.29) is 24.1 Å². The van der Waals surface area contributed by atoms with E-state index in [1.54, 1.807) is 11.8 Å². The summed E-state index contributed by atoms with van der Waals surface area (Å²) < 4.78 is 5.82. The van der Waals surface area contributed by atoms with Crippen molar-refractivity contribution in [3.63, 3.8) is 0 Å². The predicted molar refractivity (Wildman–Crippen MR) is 114 cm³/mol. The van der Waals surface area contributed by atoms with Gasteiger partial charge in [-0.1, -0.05) is 32.9 Å². The second-order valence-corrected chi connectivity index (χ2v) is 8.33. The number of aromatic nitrogens is 3. The standard InChI is InChI=1S/C20H29N5O2S/c1-20(2,3)16-7-9-17(10-8-16)27-15-25(18-23-13-21-14-24-18)19(26)22-11-5-6-12-28-4/h7-10,13-14H,5-6,11-12,15H2,1-4H3,(H,22,26). The van der Waals surface area contributed by atoms with Crippen molar-refractivity contribution in [1.82, 2.24) is 20.3 Å². The Morgan fingerprint density at radius 3 is 2.43 bits per heavy atom. The maximum absolute atomic E-state index is 12.6. The number of nitrogens with zero attached hydrogens (tertiary/aromatic N) is 4. The number of amides is 2. The van der Waals surface area contributed by atoms with Crippen molar-refractivity contribution >= 4 is 23.7 Å². The Labute approximate surface area is 171 Å². The first-order valence-electron chi connectivity index (χ1n) is 9.31. The van der Waals surface area contributed by atoms with Crippen molar-refractivity contribution in [1.29, 1.82) is 0 Å². The van der Waals surface area contributed by atoms with Gasteiger partial charge in [0.1, 0.15) is 18.4 Å². The molecule has 0 spiro atoms. The fraction of sp³-hybridized carbons (Fsp3) is 0.500. The molecule has 0 fully saturated rings. The van der Waals surface area contributed by atoms with E-state index in [2.05, 4.69) is 47.3 Å². The number of hydrogen-bond donors (Lipinski definition) is 1. The number of carbonyl (C=O) groups is 1. The van der Waals surface area contributed by atoms with E-state index in [4.69, 9.17) is 4.74 Å². The lowest BCUT2D eigenvalue weighted by molar-refractivity contribution is 0.235. The summed E-state index contributed by atoms with van der Waals surface area (Å²) in [6.07, 6.45) is 6.78. The zero-order valence-electron chi connectivity index (χ0n) is 17.0. The van der Waals surface area contributed by atoms with Crippen molar-refractivity contribution in [2.75, 3.05) is 30.2 Å². The fourth-order valence-corrected chi connectivity index (χ4v) is 2.92. The second kappa shape index (κ2) is 10.8. The number of rotatable bonds is 9. The third-order valence-electron chi connectivity index (χ3n) is 4.10. The molecule has 2 aromatic rings. The molecule has 2 amide bonds. The topological polar surface area (TPSA) is 80.2 Å². The lowest BCUT2D eigenvalue weighted by Crippen LogP contribution is -2.43. The Hall–Kier alpha value is -2.35. The molecule has 0 aliphatic rings. The highest BCUT2D eigenvalue weighted by Gasteiger charge is 2.19. The average molecular weight is 404 g/mol. The van der Waals surface area contributed by atoms with Crippen LogP contribution in [0.4, 0.5) is 10.7 Å². The molecule has 28 heavy (non-hydrogen) atoms. The van der Waals surface area contributed by atoms with E-state index in [0.717, 1.165) is 18.6 Å². The van der Waals surface area contributed by atoms with Gasteiger partial charge in [-0.25, -0.2) is 24.6 Å². The van der Waals surface area contributed by atoms with Crippen LogP contribution in [0.25, 0.3) is 0 Å². The number of ether oxygens (including phenoxy) is 1. The zero-order valence-corrected chi connectivity index (χ0v) is 17.8. The van der Waals surface area contributed by atoms with E-state index >= 15 is 0 Å². The predicted octanol–water partition coefficient (Wildman–Crippen LogP) is 3.86. The van der Waals surface area contributed by atoms with Crippen LogP contribution in [-0.4, -0.2) is 46.3 Å². The van der Waals surface area contributed by atoms with E-state index in [9.17, 15) is 4.79 Å². The van der Waals surface area contributed by atoms with Gasteiger partial charge >= 0.3 is 6.03 Å². The van der Waals surface area contributed by atoms with Crippen LogP contribution in [0.3, 0.4) is 0 Å². The van der Waals surface area contributed by atoms with Crippen molar-refractivity contribution in [3.8, 4) is 5.75 Å². The molecule has 0 aliphatic carbocycles. The first-order chi connectivity index (χ1) is 13.4. The third kappa shape index (κ3) is 6.99. The SMILES string of the molecule is CSCCCCNC(=O)N(COc1ccc(C(C)(C)C)cc1)c1ncncn1. The van der Waals surface area contributed by atoms with Crippen molar-refractivity contribution in [3.05, 3.63) is 42.5 Å². The van der Waals surface area contributed by atoms with Crippen LogP contribution >= 0.6 is 11.8 Å². The van der Waals surface area contributed by atoms with Crippen molar-refractivity contribution in [2.45, 2.75) is 39.0 Å². The third-order valence-corrected chi connectivity index (χ3v) is 4.80. The number of carbonyl (C=O) groups excluding carboxylic acids is 1. The van der Waals surface area contributed by atoms with Gasteiger partial charge in [0, 0.05) is 6.54 Å². The van der Waals surface area contributed by atoms with Crippen LogP contribution in [-0.2, 0) is 5.41 Å². The van der Waals surface area contributed by atoms with Gasteiger partial charge < -0.3 is 10.1 Å². The van der Waals surface area contributed by atoms with Crippen LogP contribution in [0.15, 0.2) is 36.9 Å². The Kier molecular flexibility index (Phi) is 8.50. The second-order valence-electron chi connectivity index (χ2n) is 7.35. The van der Waals surface area contributed by atoms with Crippen molar-refractivity contribution < 1.29 is 9.53 Å². The summed E-state index contributed by atoms with van der Waals surface area (Å²) >= 11 is 1.80. The van der Waals surface area contributed by atoms with Gasteiger partial charge in [-0.15, -0.1) is 0 Å². The van der Waals surface area contributed by atoms with Gasteiger partial charge in [0.2, 0.25) is 5.95 Å². The summed E-state index contributed by atoms with van der Waals surface area (Å²) in [5.74, 6) is 2.02. The molecule has 1 N–H and O–H groups in total. The molecular formula is C20H29N5O2S. The van der Waals surface area contributed by atoms with Crippen molar-refractivity contribution in [2.24, 2.45) is 0 Å². The molecule has 0 saturated carbocycles. The Balaban J connectivity index is 1.99. The molecule has 0 aliphatic heterocycles. The van der Waals surface area contributed by atoms with Crippen LogP contribution in [0.1, 0.15) is 39.2 Å². The number of anilines is 1. The molecule has 0 radical (unpaired) electrons. The lowest BCUT2D eigenvalue weighted by Gasteiger charge is -2.22. The smallest absolute Gasteiger partial charge is 0.327 e. The largest absolute Gasteiger partial charge is 0.472 e. The van der Waals surface area contributed by atoms with Crippen LogP contribution in [0.5, 0.6) is 5.75 Å². The van der Waals surface area contributed by atoms with Gasteiger partial charge in [0.25, 0.3) is 0 Å². The number of hydrogen-bond acceptors (Lipinski definition) is 6. The minimum absolute atomic E-state index is 0.00945. The molecule has 0 unspecified atom stereocenters. The molecule has 8 heteroatoms. The number of urea groups is 1. The Morgan fingerprint density at radius 1 is 1.14 bits per heavy atom. The van der Waals surface area contributed by atoms with E-state index < -0.39 is 0 Å². The molecule has 7 nitrogen and oxygen atoms in total. The minimum Gasteiger partial charge on any atom is -0.472 e. The fourth-order valence-electron chi connectivity index (χ4n) is 2.43. The summed E-state index contributed by atoms with van der Waals surface area (Å²) in [5.41, 5.74) is 1.29. The zero-order chi connectivity index (χ0) is 20.4. The van der Waals surface area contributed by atoms with Crippen LogP contribution < -0.4 is 15.0 Å². The highest BCUT2D eigenvalue weighted by atomic mass is 32.2. The van der Waals surface area contributed by atoms with Gasteiger partial charge in [-0.3, -0.25) is 0 Å². The van der Waals surface area contributed by atoms with Crippen LogP contribution in [0.2, 0.25) is 0 Å². The average Bonchev–Trinajstić information content (AvgIpc) is 2.68.